The highest BCUT2D eigenvalue weighted by atomic mass is 79.9. The van der Waals surface area contributed by atoms with Crippen LogP contribution >= 0.6 is 31.9 Å². The number of esters is 1. The Hall–Kier alpha value is -1.15. The lowest BCUT2D eigenvalue weighted by molar-refractivity contribution is -0.141. The van der Waals surface area contributed by atoms with Gasteiger partial charge in [-0.1, -0.05) is 12.1 Å². The van der Waals surface area contributed by atoms with Gasteiger partial charge in [-0.25, -0.2) is 9.78 Å². The van der Waals surface area contributed by atoms with Gasteiger partial charge in [0.15, 0.2) is 5.69 Å². The van der Waals surface area contributed by atoms with Gasteiger partial charge in [-0.05, 0) is 37.9 Å². The Bertz CT molecular complexity index is 701. The Kier molecular flexibility index (Phi) is 4.06. The standard InChI is InChI=1S/C12H6Br2F3NO2/c1-20-11(19)7-8(14)5-3-2-4-6(13)9(5)18-10(7)12(15,16)17/h2-4H,1H3. The molecule has 106 valence electrons. The largest absolute Gasteiger partial charge is 0.465 e. The summed E-state index contributed by atoms with van der Waals surface area (Å²) in [4.78, 5) is 15.2. The molecular formula is C12H6Br2F3NO2. The molecule has 0 aliphatic rings. The molecule has 3 nitrogen and oxygen atoms in total. The van der Waals surface area contributed by atoms with Crippen molar-refractivity contribution in [2.45, 2.75) is 6.18 Å². The zero-order chi connectivity index (χ0) is 15.1. The van der Waals surface area contributed by atoms with Gasteiger partial charge in [0.1, 0.15) is 5.56 Å². The quantitative estimate of drug-likeness (QED) is 0.644. The lowest BCUT2D eigenvalue weighted by Crippen LogP contribution is -2.17. The topological polar surface area (TPSA) is 39.2 Å². The molecule has 0 saturated heterocycles. The third-order valence-corrected chi connectivity index (χ3v) is 4.02. The van der Waals surface area contributed by atoms with Crippen LogP contribution in [-0.4, -0.2) is 18.1 Å². The first-order valence-corrected chi connectivity index (χ1v) is 6.79. The van der Waals surface area contributed by atoms with Gasteiger partial charge < -0.3 is 4.74 Å². The monoisotopic (exact) mass is 411 g/mol. The van der Waals surface area contributed by atoms with Crippen LogP contribution in [0.15, 0.2) is 27.1 Å². The fourth-order valence-electron chi connectivity index (χ4n) is 1.71. The smallest absolute Gasteiger partial charge is 0.434 e. The number of pyridine rings is 1. The number of carbonyl (C=O) groups excluding carboxylic acids is 1. The summed E-state index contributed by atoms with van der Waals surface area (Å²) < 4.78 is 44.0. The minimum atomic E-state index is -4.77. The van der Waals surface area contributed by atoms with Gasteiger partial charge >= 0.3 is 12.1 Å². The maximum atomic E-state index is 13.1. The summed E-state index contributed by atoms with van der Waals surface area (Å²) in [5.41, 5.74) is -1.81. The Morgan fingerprint density at radius 2 is 1.95 bits per heavy atom. The molecule has 1 aromatic carbocycles. The molecule has 0 bridgehead atoms. The average Bonchev–Trinajstić information content (AvgIpc) is 2.37. The van der Waals surface area contributed by atoms with E-state index in [1.807, 2.05) is 0 Å². The normalized spacial score (nSPS) is 11.7. The van der Waals surface area contributed by atoms with E-state index in [1.165, 1.54) is 0 Å². The number of hydrogen-bond donors (Lipinski definition) is 0. The third kappa shape index (κ3) is 2.54. The van der Waals surface area contributed by atoms with E-state index in [2.05, 4.69) is 41.6 Å². The molecule has 2 aromatic rings. The number of halogens is 5. The van der Waals surface area contributed by atoms with Gasteiger partial charge in [0, 0.05) is 14.3 Å². The summed E-state index contributed by atoms with van der Waals surface area (Å²) in [5.74, 6) is -1.10. The molecular weight excluding hydrogens is 407 g/mol. The van der Waals surface area contributed by atoms with E-state index in [4.69, 9.17) is 0 Å². The van der Waals surface area contributed by atoms with Crippen LogP contribution in [0.1, 0.15) is 16.1 Å². The van der Waals surface area contributed by atoms with Crippen molar-refractivity contribution in [3.05, 3.63) is 38.4 Å². The number of benzene rings is 1. The highest BCUT2D eigenvalue weighted by Gasteiger charge is 2.39. The zero-order valence-electron chi connectivity index (χ0n) is 9.89. The number of rotatable bonds is 1. The van der Waals surface area contributed by atoms with E-state index >= 15 is 0 Å². The molecule has 0 spiro atoms. The van der Waals surface area contributed by atoms with Crippen LogP contribution in [0.25, 0.3) is 10.9 Å². The van der Waals surface area contributed by atoms with Crippen molar-refractivity contribution in [2.24, 2.45) is 0 Å². The minimum Gasteiger partial charge on any atom is -0.465 e. The van der Waals surface area contributed by atoms with Gasteiger partial charge in [0.2, 0.25) is 0 Å². The first-order chi connectivity index (χ1) is 9.27. The van der Waals surface area contributed by atoms with E-state index in [-0.39, 0.29) is 9.99 Å². The first-order valence-electron chi connectivity index (χ1n) is 5.20. The Morgan fingerprint density at radius 3 is 2.50 bits per heavy atom. The first kappa shape index (κ1) is 15.2. The highest BCUT2D eigenvalue weighted by molar-refractivity contribution is 9.11. The van der Waals surface area contributed by atoms with Gasteiger partial charge in [-0.2, -0.15) is 13.2 Å². The van der Waals surface area contributed by atoms with Crippen LogP contribution in [0.2, 0.25) is 0 Å². The van der Waals surface area contributed by atoms with E-state index in [0.717, 1.165) is 7.11 Å². The fraction of sp³-hybridized carbons (Fsp3) is 0.167. The maximum absolute atomic E-state index is 13.1. The van der Waals surface area contributed by atoms with Gasteiger partial charge in [-0.3, -0.25) is 0 Å². The molecule has 0 atom stereocenters. The van der Waals surface area contributed by atoms with Crippen molar-refractivity contribution in [2.75, 3.05) is 7.11 Å². The predicted octanol–water partition coefficient (Wildman–Crippen LogP) is 4.57. The molecule has 0 N–H and O–H groups in total. The molecule has 0 aliphatic carbocycles. The van der Waals surface area contributed by atoms with Crippen LogP contribution in [-0.2, 0) is 10.9 Å². The number of nitrogens with zero attached hydrogens (tertiary/aromatic N) is 1. The number of para-hydroxylation sites is 1. The molecule has 2 rings (SSSR count). The van der Waals surface area contributed by atoms with E-state index < -0.39 is 23.4 Å². The van der Waals surface area contributed by atoms with Crippen LogP contribution in [0, 0.1) is 0 Å². The van der Waals surface area contributed by atoms with Crippen molar-refractivity contribution < 1.29 is 22.7 Å². The summed E-state index contributed by atoms with van der Waals surface area (Å²) in [6, 6.07) is 4.76. The number of carbonyl (C=O) groups is 1. The number of ether oxygens (including phenoxy) is 1. The Morgan fingerprint density at radius 1 is 1.30 bits per heavy atom. The lowest BCUT2D eigenvalue weighted by atomic mass is 10.1. The molecule has 0 fully saturated rings. The second kappa shape index (κ2) is 5.33. The summed E-state index contributed by atoms with van der Waals surface area (Å²) in [5, 5.41) is 0.382. The second-order valence-electron chi connectivity index (χ2n) is 3.77. The lowest BCUT2D eigenvalue weighted by Gasteiger charge is -2.14. The maximum Gasteiger partial charge on any atom is 0.434 e. The van der Waals surface area contributed by atoms with Crippen molar-refractivity contribution in [3.63, 3.8) is 0 Å². The van der Waals surface area contributed by atoms with E-state index in [1.54, 1.807) is 18.2 Å². The molecule has 0 unspecified atom stereocenters. The van der Waals surface area contributed by atoms with Gasteiger partial charge in [-0.15, -0.1) is 0 Å². The molecule has 0 radical (unpaired) electrons. The molecule has 0 aliphatic heterocycles. The van der Waals surface area contributed by atoms with Crippen molar-refractivity contribution in [1.82, 2.24) is 4.98 Å². The van der Waals surface area contributed by atoms with Crippen molar-refractivity contribution in [3.8, 4) is 0 Å². The Labute approximate surface area is 128 Å². The molecule has 0 amide bonds. The third-order valence-electron chi connectivity index (χ3n) is 2.56. The van der Waals surface area contributed by atoms with Crippen LogP contribution in [0.4, 0.5) is 13.2 Å². The summed E-state index contributed by atoms with van der Waals surface area (Å²) >= 11 is 6.18. The molecule has 0 saturated carbocycles. The average molecular weight is 413 g/mol. The predicted molar refractivity (Wildman–Crippen MR) is 73.5 cm³/mol. The zero-order valence-corrected chi connectivity index (χ0v) is 13.1. The number of fused-ring (bicyclic) bond motifs is 1. The van der Waals surface area contributed by atoms with Gasteiger partial charge in [0.25, 0.3) is 0 Å². The number of methoxy groups -OCH3 is 1. The van der Waals surface area contributed by atoms with Gasteiger partial charge in [0.05, 0.1) is 12.6 Å². The SMILES string of the molecule is COC(=O)c1c(C(F)(F)F)nc2c(Br)cccc2c1Br. The summed E-state index contributed by atoms with van der Waals surface area (Å²) in [6.45, 7) is 0. The van der Waals surface area contributed by atoms with Crippen molar-refractivity contribution in [1.29, 1.82) is 0 Å². The van der Waals surface area contributed by atoms with E-state index in [9.17, 15) is 18.0 Å². The summed E-state index contributed by atoms with van der Waals surface area (Å²) in [6.07, 6.45) is -4.77. The number of hydrogen-bond acceptors (Lipinski definition) is 3. The molecule has 1 heterocycles. The molecule has 1 aromatic heterocycles. The number of alkyl halides is 3. The van der Waals surface area contributed by atoms with Crippen molar-refractivity contribution >= 4 is 48.7 Å². The number of aromatic nitrogens is 1. The Balaban J connectivity index is 2.95. The minimum absolute atomic E-state index is 0.00275. The van der Waals surface area contributed by atoms with Crippen LogP contribution < -0.4 is 0 Å². The summed E-state index contributed by atoms with van der Waals surface area (Å²) in [7, 11) is 1.01. The van der Waals surface area contributed by atoms with E-state index in [0.29, 0.717) is 9.86 Å². The van der Waals surface area contributed by atoms with Crippen LogP contribution in [0.3, 0.4) is 0 Å². The highest BCUT2D eigenvalue weighted by Crippen LogP contribution is 2.39. The second-order valence-corrected chi connectivity index (χ2v) is 5.42. The molecule has 8 heteroatoms. The fourth-order valence-corrected chi connectivity index (χ4v) is 2.83. The molecule has 20 heavy (non-hydrogen) atoms. The van der Waals surface area contributed by atoms with Crippen LogP contribution in [0.5, 0.6) is 0 Å².